The number of ether oxygens (including phenoxy) is 1. The van der Waals surface area contributed by atoms with Crippen LogP contribution in [0.1, 0.15) is 0 Å². The van der Waals surface area contributed by atoms with Gasteiger partial charge in [-0.1, -0.05) is 6.07 Å². The summed E-state index contributed by atoms with van der Waals surface area (Å²) in [6, 6.07) is 5.22. The summed E-state index contributed by atoms with van der Waals surface area (Å²) in [5.74, 6) is -0.0180. The lowest BCUT2D eigenvalue weighted by Crippen LogP contribution is -1.96. The Morgan fingerprint density at radius 3 is 2.87 bits per heavy atom. The van der Waals surface area contributed by atoms with E-state index in [1.807, 2.05) is 0 Å². The van der Waals surface area contributed by atoms with Gasteiger partial charge in [0.15, 0.2) is 5.75 Å². The zero-order valence-corrected chi connectivity index (χ0v) is 8.10. The van der Waals surface area contributed by atoms with E-state index >= 15 is 0 Å². The number of anilines is 1. The summed E-state index contributed by atoms with van der Waals surface area (Å²) in [4.78, 5) is 10.3. The number of nitrogens with zero attached hydrogens (tertiary/aromatic N) is 1. The molecule has 0 unspecified atom stereocenters. The van der Waals surface area contributed by atoms with Crippen LogP contribution < -0.4 is 10.5 Å². The number of carbonyl (C=O) groups excluding carboxylic acids is 1. The maximum absolute atomic E-state index is 10.3. The number of aromatic nitrogens is 1. The van der Waals surface area contributed by atoms with E-state index < -0.39 is 0 Å². The first-order valence-electron chi connectivity index (χ1n) is 4.33. The molecule has 2 rings (SSSR count). The van der Waals surface area contributed by atoms with E-state index in [9.17, 15) is 9.90 Å². The lowest BCUT2D eigenvalue weighted by molar-refractivity contribution is -0.121. The Balaban J connectivity index is 2.85. The van der Waals surface area contributed by atoms with Crippen molar-refractivity contribution in [1.82, 2.24) is 4.57 Å². The van der Waals surface area contributed by atoms with Crippen LogP contribution in [0.2, 0.25) is 0 Å². The molecule has 3 N–H and O–H groups in total. The molecule has 5 nitrogen and oxygen atoms in total. The van der Waals surface area contributed by atoms with Crippen molar-refractivity contribution in [3.05, 3.63) is 18.2 Å². The minimum Gasteiger partial charge on any atom is -0.503 e. The quantitative estimate of drug-likeness (QED) is 0.567. The van der Waals surface area contributed by atoms with Crippen molar-refractivity contribution >= 4 is 23.1 Å². The number of nitrogens with two attached hydrogens (primary N) is 1. The molecule has 0 radical (unpaired) electrons. The number of fused-ring (bicyclic) bond motifs is 1. The highest BCUT2D eigenvalue weighted by atomic mass is 16.5. The zero-order chi connectivity index (χ0) is 11.0. The summed E-state index contributed by atoms with van der Waals surface area (Å²) in [5, 5.41) is 10.3. The minimum atomic E-state index is -0.113. The van der Waals surface area contributed by atoms with Gasteiger partial charge < -0.3 is 20.1 Å². The molecule has 1 heterocycles. The largest absolute Gasteiger partial charge is 0.503 e. The van der Waals surface area contributed by atoms with E-state index in [0.29, 0.717) is 16.6 Å². The van der Waals surface area contributed by atoms with Gasteiger partial charge in [-0.25, -0.2) is 0 Å². The number of hydrogen-bond donors (Lipinski definition) is 2. The van der Waals surface area contributed by atoms with Crippen LogP contribution in [0.15, 0.2) is 18.2 Å². The summed E-state index contributed by atoms with van der Waals surface area (Å²) >= 11 is 0. The van der Waals surface area contributed by atoms with Crippen LogP contribution in [0.4, 0.5) is 5.69 Å². The first-order valence-corrected chi connectivity index (χ1v) is 4.33. The normalized spacial score (nSPS) is 10.5. The Labute approximate surface area is 85.7 Å². The average Bonchev–Trinajstić information content (AvgIpc) is 2.45. The fraction of sp³-hybridized carbons (Fsp3) is 0.100. The molecule has 0 aliphatic carbocycles. The van der Waals surface area contributed by atoms with Crippen molar-refractivity contribution in [1.29, 1.82) is 0 Å². The summed E-state index contributed by atoms with van der Waals surface area (Å²) in [5.41, 5.74) is 6.88. The van der Waals surface area contributed by atoms with Gasteiger partial charge in [0.05, 0.1) is 10.9 Å². The number of benzene rings is 1. The Kier molecular flexibility index (Phi) is 2.00. The molecular weight excluding hydrogens is 196 g/mol. The molecule has 5 heteroatoms. The first-order chi connectivity index (χ1) is 7.16. The zero-order valence-electron chi connectivity index (χ0n) is 8.10. The van der Waals surface area contributed by atoms with Gasteiger partial charge in [-0.15, -0.1) is 0 Å². The second-order valence-corrected chi connectivity index (χ2v) is 3.17. The molecule has 15 heavy (non-hydrogen) atoms. The number of carbonyl (C=O) groups is 1. The number of aromatic hydroxyl groups is 1. The van der Waals surface area contributed by atoms with Crippen LogP contribution in [0, 0.1) is 0 Å². The van der Waals surface area contributed by atoms with Crippen molar-refractivity contribution in [2.75, 3.05) is 5.73 Å². The van der Waals surface area contributed by atoms with Gasteiger partial charge in [-0.3, -0.25) is 4.79 Å². The van der Waals surface area contributed by atoms with E-state index in [0.717, 1.165) is 0 Å². The number of aryl methyl sites for hydroxylation is 1. The lowest BCUT2D eigenvalue weighted by atomic mass is 10.2. The molecule has 1 aromatic carbocycles. The van der Waals surface area contributed by atoms with Gasteiger partial charge in [-0.2, -0.15) is 0 Å². The number of nitrogen functional groups attached to an aromatic ring is 1. The van der Waals surface area contributed by atoms with Crippen LogP contribution in [-0.4, -0.2) is 16.1 Å². The molecule has 0 fully saturated rings. The minimum absolute atomic E-state index is 0.0953. The van der Waals surface area contributed by atoms with Gasteiger partial charge in [0.25, 0.3) is 6.47 Å². The summed E-state index contributed by atoms with van der Waals surface area (Å²) < 4.78 is 6.25. The van der Waals surface area contributed by atoms with Crippen molar-refractivity contribution in [3.8, 4) is 11.6 Å². The molecule has 0 saturated carbocycles. The molecule has 78 valence electrons. The smallest absolute Gasteiger partial charge is 0.299 e. The van der Waals surface area contributed by atoms with Crippen LogP contribution >= 0.6 is 0 Å². The molecule has 0 bridgehead atoms. The summed E-state index contributed by atoms with van der Waals surface area (Å²) in [6.07, 6.45) is 0. The van der Waals surface area contributed by atoms with Gasteiger partial charge in [-0.05, 0) is 12.1 Å². The van der Waals surface area contributed by atoms with Gasteiger partial charge in [0.1, 0.15) is 0 Å². The third-order valence-electron chi connectivity index (χ3n) is 2.34. The van der Waals surface area contributed by atoms with Crippen LogP contribution in [0.5, 0.6) is 11.6 Å². The van der Waals surface area contributed by atoms with E-state index in [2.05, 4.69) is 4.74 Å². The Bertz CT molecular complexity index is 531. The summed E-state index contributed by atoms with van der Waals surface area (Å²) in [7, 11) is 1.68. The van der Waals surface area contributed by atoms with Crippen molar-refractivity contribution < 1.29 is 14.6 Å². The van der Waals surface area contributed by atoms with E-state index in [-0.39, 0.29) is 18.1 Å². The van der Waals surface area contributed by atoms with Crippen molar-refractivity contribution in [2.45, 2.75) is 0 Å². The molecule has 2 aromatic rings. The highest BCUT2D eigenvalue weighted by Crippen LogP contribution is 2.39. The summed E-state index contributed by atoms with van der Waals surface area (Å²) in [6.45, 7) is 0.268. The highest BCUT2D eigenvalue weighted by Gasteiger charge is 2.17. The average molecular weight is 206 g/mol. The molecule has 0 atom stereocenters. The molecule has 0 saturated heterocycles. The number of rotatable bonds is 2. The fourth-order valence-electron chi connectivity index (χ4n) is 1.65. The van der Waals surface area contributed by atoms with Gasteiger partial charge in [0, 0.05) is 12.7 Å². The second-order valence-electron chi connectivity index (χ2n) is 3.17. The standard InChI is InChI=1S/C10H10N2O3/c1-12-7-4-2-3-6(11)8(7)9(14)10(12)15-5-13/h2-5,14H,11H2,1H3. The predicted molar refractivity (Wildman–Crippen MR) is 55.7 cm³/mol. The van der Waals surface area contributed by atoms with E-state index in [1.54, 1.807) is 29.8 Å². The molecular formula is C10H10N2O3. The molecule has 0 spiro atoms. The first kappa shape index (κ1) is 9.39. The topological polar surface area (TPSA) is 77.5 Å². The fourth-order valence-corrected chi connectivity index (χ4v) is 1.65. The van der Waals surface area contributed by atoms with Crippen LogP contribution in [0.3, 0.4) is 0 Å². The molecule has 0 amide bonds. The molecule has 1 aromatic heterocycles. The molecule has 0 aliphatic rings. The third-order valence-corrected chi connectivity index (χ3v) is 2.34. The third kappa shape index (κ3) is 1.20. The van der Waals surface area contributed by atoms with Gasteiger partial charge in [0.2, 0.25) is 5.88 Å². The highest BCUT2D eigenvalue weighted by molar-refractivity contribution is 5.99. The Morgan fingerprint density at radius 1 is 1.53 bits per heavy atom. The Morgan fingerprint density at radius 2 is 2.27 bits per heavy atom. The van der Waals surface area contributed by atoms with Crippen LogP contribution in [-0.2, 0) is 11.8 Å². The van der Waals surface area contributed by atoms with Crippen LogP contribution in [0.25, 0.3) is 10.9 Å². The molecule has 0 aliphatic heterocycles. The SMILES string of the molecule is Cn1c(OC=O)c(O)c2c(N)cccc21. The monoisotopic (exact) mass is 206 g/mol. The van der Waals surface area contributed by atoms with E-state index in [1.165, 1.54) is 0 Å². The number of hydrogen-bond acceptors (Lipinski definition) is 4. The lowest BCUT2D eigenvalue weighted by Gasteiger charge is -1.99. The van der Waals surface area contributed by atoms with E-state index in [4.69, 9.17) is 5.73 Å². The Hall–Kier alpha value is -2.17. The second kappa shape index (κ2) is 3.20. The predicted octanol–water partition coefficient (Wildman–Crippen LogP) is 1.00. The van der Waals surface area contributed by atoms with Gasteiger partial charge >= 0.3 is 0 Å². The maximum atomic E-state index is 10.3. The van der Waals surface area contributed by atoms with Crippen molar-refractivity contribution in [2.24, 2.45) is 7.05 Å². The van der Waals surface area contributed by atoms with Crippen molar-refractivity contribution in [3.63, 3.8) is 0 Å². The maximum Gasteiger partial charge on any atom is 0.299 e.